The van der Waals surface area contributed by atoms with Crippen LogP contribution in [0, 0.1) is 0 Å². The maximum Gasteiger partial charge on any atom is 0.232 e. The molecule has 0 aliphatic heterocycles. The molecule has 2 rings (SSSR count). The van der Waals surface area contributed by atoms with Crippen LogP contribution in [-0.2, 0) is 6.42 Å². The van der Waals surface area contributed by atoms with E-state index in [-0.39, 0.29) is 12.0 Å². The molecule has 2 unspecified atom stereocenters. The Morgan fingerprint density at radius 2 is 2.00 bits per heavy atom. The first kappa shape index (κ1) is 14.5. The largest absolute Gasteiger partial charge is 0.392 e. The highest BCUT2D eigenvalue weighted by atomic mass is 16.5. The van der Waals surface area contributed by atoms with Crippen molar-refractivity contribution in [3.05, 3.63) is 11.7 Å². The molecule has 0 saturated heterocycles. The Balaban J connectivity index is 1.91. The van der Waals surface area contributed by atoms with Gasteiger partial charge in [-0.2, -0.15) is 4.98 Å². The number of aliphatic hydroxyl groups excluding tert-OH is 1. The normalized spacial score (nSPS) is 24.0. The van der Waals surface area contributed by atoms with E-state index in [1.807, 2.05) is 0 Å². The SMILES string of the molecule is CCN(CC)CCc1noc(C2CCCCC2O)n1. The van der Waals surface area contributed by atoms with Gasteiger partial charge in [0.1, 0.15) is 0 Å². The third-order valence-electron chi connectivity index (χ3n) is 4.08. The van der Waals surface area contributed by atoms with Gasteiger partial charge < -0.3 is 14.5 Å². The van der Waals surface area contributed by atoms with Crippen LogP contribution < -0.4 is 0 Å². The van der Waals surface area contributed by atoms with Gasteiger partial charge in [-0.1, -0.05) is 31.8 Å². The van der Waals surface area contributed by atoms with Gasteiger partial charge >= 0.3 is 0 Å². The third kappa shape index (κ3) is 3.76. The van der Waals surface area contributed by atoms with Crippen LogP contribution in [0.25, 0.3) is 0 Å². The van der Waals surface area contributed by atoms with E-state index in [1.54, 1.807) is 0 Å². The van der Waals surface area contributed by atoms with Crippen molar-refractivity contribution in [3.63, 3.8) is 0 Å². The van der Waals surface area contributed by atoms with Gasteiger partial charge in [0.2, 0.25) is 5.89 Å². The molecule has 2 atom stereocenters. The fourth-order valence-electron chi connectivity index (χ4n) is 2.72. The van der Waals surface area contributed by atoms with Crippen molar-refractivity contribution in [2.75, 3.05) is 19.6 Å². The summed E-state index contributed by atoms with van der Waals surface area (Å²) in [6.45, 7) is 7.36. The van der Waals surface area contributed by atoms with Crippen LogP contribution in [0.5, 0.6) is 0 Å². The Kier molecular flexibility index (Phi) is 5.34. The van der Waals surface area contributed by atoms with Crippen molar-refractivity contribution in [2.45, 2.75) is 58.0 Å². The molecule has 1 N–H and O–H groups in total. The summed E-state index contributed by atoms with van der Waals surface area (Å²) in [5, 5.41) is 14.0. The molecule has 1 aliphatic carbocycles. The second-order valence-electron chi connectivity index (χ2n) is 5.28. The summed E-state index contributed by atoms with van der Waals surface area (Å²) in [5.41, 5.74) is 0. The predicted octanol–water partition coefficient (Wildman–Crippen LogP) is 1.97. The summed E-state index contributed by atoms with van der Waals surface area (Å²) in [5.74, 6) is 1.44. The van der Waals surface area contributed by atoms with Crippen LogP contribution in [0.15, 0.2) is 4.52 Å². The Morgan fingerprint density at radius 3 is 2.68 bits per heavy atom. The lowest BCUT2D eigenvalue weighted by atomic mass is 9.86. The summed E-state index contributed by atoms with van der Waals surface area (Å²) in [6.07, 6.45) is 4.54. The van der Waals surface area contributed by atoms with Crippen LogP contribution >= 0.6 is 0 Å². The minimum atomic E-state index is -0.315. The minimum absolute atomic E-state index is 0.0449. The number of rotatable bonds is 6. The lowest BCUT2D eigenvalue weighted by Crippen LogP contribution is -2.25. The standard InChI is InChI=1S/C14H25N3O2/c1-3-17(4-2)10-9-13-15-14(19-16-13)11-7-5-6-8-12(11)18/h11-12,18H,3-10H2,1-2H3. The number of nitrogens with zero attached hydrogens (tertiary/aromatic N) is 3. The smallest absolute Gasteiger partial charge is 0.232 e. The summed E-state index contributed by atoms with van der Waals surface area (Å²) in [7, 11) is 0. The van der Waals surface area contributed by atoms with Crippen LogP contribution in [-0.4, -0.2) is 45.9 Å². The first-order valence-corrected chi connectivity index (χ1v) is 7.47. The van der Waals surface area contributed by atoms with E-state index in [0.717, 1.165) is 57.6 Å². The zero-order valence-electron chi connectivity index (χ0n) is 12.0. The van der Waals surface area contributed by atoms with E-state index in [9.17, 15) is 5.11 Å². The molecular weight excluding hydrogens is 242 g/mol. The van der Waals surface area contributed by atoms with Crippen LogP contribution in [0.4, 0.5) is 0 Å². The molecule has 0 bridgehead atoms. The average Bonchev–Trinajstić information content (AvgIpc) is 2.89. The van der Waals surface area contributed by atoms with E-state index in [2.05, 4.69) is 28.9 Å². The van der Waals surface area contributed by atoms with Crippen molar-refractivity contribution in [1.82, 2.24) is 15.0 Å². The average molecular weight is 267 g/mol. The van der Waals surface area contributed by atoms with Gasteiger partial charge in [0.05, 0.1) is 12.0 Å². The predicted molar refractivity (Wildman–Crippen MR) is 73.0 cm³/mol. The molecule has 5 nitrogen and oxygen atoms in total. The van der Waals surface area contributed by atoms with Crippen molar-refractivity contribution in [3.8, 4) is 0 Å². The molecule has 0 spiro atoms. The van der Waals surface area contributed by atoms with E-state index in [0.29, 0.717) is 5.89 Å². The minimum Gasteiger partial charge on any atom is -0.392 e. The molecule has 108 valence electrons. The van der Waals surface area contributed by atoms with Gasteiger partial charge in [-0.3, -0.25) is 0 Å². The third-order valence-corrected chi connectivity index (χ3v) is 4.08. The van der Waals surface area contributed by atoms with Crippen molar-refractivity contribution >= 4 is 0 Å². The van der Waals surface area contributed by atoms with Gasteiger partial charge in [0.15, 0.2) is 5.82 Å². The van der Waals surface area contributed by atoms with Crippen LogP contribution in [0.3, 0.4) is 0 Å². The number of hydrogen-bond donors (Lipinski definition) is 1. The molecule has 1 heterocycles. The number of aliphatic hydroxyl groups is 1. The Hall–Kier alpha value is -0.940. The van der Waals surface area contributed by atoms with E-state index < -0.39 is 0 Å². The molecule has 1 fully saturated rings. The molecule has 19 heavy (non-hydrogen) atoms. The zero-order chi connectivity index (χ0) is 13.7. The highest BCUT2D eigenvalue weighted by Crippen LogP contribution is 2.31. The second-order valence-corrected chi connectivity index (χ2v) is 5.28. The Morgan fingerprint density at radius 1 is 1.26 bits per heavy atom. The topological polar surface area (TPSA) is 62.4 Å². The zero-order valence-corrected chi connectivity index (χ0v) is 12.0. The van der Waals surface area contributed by atoms with E-state index >= 15 is 0 Å². The van der Waals surface area contributed by atoms with Gasteiger partial charge in [0.25, 0.3) is 0 Å². The molecule has 1 aromatic rings. The fourth-order valence-corrected chi connectivity index (χ4v) is 2.72. The first-order chi connectivity index (χ1) is 9.24. The molecule has 0 radical (unpaired) electrons. The van der Waals surface area contributed by atoms with Crippen LogP contribution in [0.1, 0.15) is 57.2 Å². The fraction of sp³-hybridized carbons (Fsp3) is 0.857. The Bertz CT molecular complexity index is 377. The molecule has 1 aliphatic rings. The lowest BCUT2D eigenvalue weighted by Gasteiger charge is -2.24. The molecule has 0 aromatic carbocycles. The summed E-state index contributed by atoms with van der Waals surface area (Å²) in [4.78, 5) is 6.80. The first-order valence-electron chi connectivity index (χ1n) is 7.47. The Labute approximate surface area is 115 Å². The highest BCUT2D eigenvalue weighted by Gasteiger charge is 2.29. The molecule has 5 heteroatoms. The molecule has 1 saturated carbocycles. The second kappa shape index (κ2) is 7.01. The molecular formula is C14H25N3O2. The summed E-state index contributed by atoms with van der Waals surface area (Å²) < 4.78 is 5.33. The number of likely N-dealkylation sites (N-methyl/N-ethyl adjacent to an activating group) is 1. The molecule has 0 amide bonds. The maximum absolute atomic E-state index is 9.99. The number of hydrogen-bond acceptors (Lipinski definition) is 5. The van der Waals surface area contributed by atoms with Crippen molar-refractivity contribution < 1.29 is 9.63 Å². The van der Waals surface area contributed by atoms with Gasteiger partial charge in [-0.05, 0) is 25.9 Å². The highest BCUT2D eigenvalue weighted by molar-refractivity contribution is 4.99. The lowest BCUT2D eigenvalue weighted by molar-refractivity contribution is 0.0908. The maximum atomic E-state index is 9.99. The van der Waals surface area contributed by atoms with E-state index in [1.165, 1.54) is 0 Å². The van der Waals surface area contributed by atoms with Gasteiger partial charge in [0, 0.05) is 13.0 Å². The van der Waals surface area contributed by atoms with Gasteiger partial charge in [-0.15, -0.1) is 0 Å². The van der Waals surface area contributed by atoms with E-state index in [4.69, 9.17) is 4.52 Å². The summed E-state index contributed by atoms with van der Waals surface area (Å²) >= 11 is 0. The van der Waals surface area contributed by atoms with Crippen molar-refractivity contribution in [1.29, 1.82) is 0 Å². The summed E-state index contributed by atoms with van der Waals surface area (Å²) in [6, 6.07) is 0. The quantitative estimate of drug-likeness (QED) is 0.854. The number of aromatic nitrogens is 2. The van der Waals surface area contributed by atoms with Crippen LogP contribution in [0.2, 0.25) is 0 Å². The van der Waals surface area contributed by atoms with Gasteiger partial charge in [-0.25, -0.2) is 0 Å². The molecule has 1 aromatic heterocycles. The monoisotopic (exact) mass is 267 g/mol. The van der Waals surface area contributed by atoms with Crippen molar-refractivity contribution in [2.24, 2.45) is 0 Å².